The lowest BCUT2D eigenvalue weighted by Gasteiger charge is -2.36. The summed E-state index contributed by atoms with van der Waals surface area (Å²) in [5, 5.41) is 13.5. The molecule has 1 aromatic heterocycles. The number of amides is 1. The predicted octanol–water partition coefficient (Wildman–Crippen LogP) is 6.65. The summed E-state index contributed by atoms with van der Waals surface area (Å²) in [5.74, 6) is 0.319. The lowest BCUT2D eigenvalue weighted by molar-refractivity contribution is -0.122. The Labute approximate surface area is 250 Å². The number of allylic oxidation sites excluding steroid dienone is 1. The van der Waals surface area contributed by atoms with E-state index >= 15 is 0 Å². The van der Waals surface area contributed by atoms with E-state index in [2.05, 4.69) is 48.5 Å². The molecular formula is C36H44N4O2. The number of carbonyl (C=O) groups excluding carboxylic acids is 1. The standard InChI is InChI=1S/C36H44N4O2/c1-4-32(28-10-6-5-7-11-28)36(42)39-21-27-15-16-30(31(19-27)24-41)22-40(23-33-26(3)18-25(2)20-38-33)34-14-8-12-29-13-9-17-37-35(29)34/h5-7,9-11,13,15-17,19-20,25,32,34,41H,4,8,12,14,18,21-24H2,1-3H3,(H,39,42)/t25?,32-,34-/m1/s1. The molecule has 1 unspecified atom stereocenters. The second-order valence-electron chi connectivity index (χ2n) is 11.9. The molecule has 42 heavy (non-hydrogen) atoms. The van der Waals surface area contributed by atoms with Crippen molar-refractivity contribution in [2.45, 2.75) is 84.5 Å². The zero-order chi connectivity index (χ0) is 29.5. The van der Waals surface area contributed by atoms with Crippen molar-refractivity contribution in [2.75, 3.05) is 6.54 Å². The van der Waals surface area contributed by atoms with Crippen LogP contribution in [0.25, 0.3) is 0 Å². The number of benzene rings is 2. The van der Waals surface area contributed by atoms with Crippen LogP contribution in [0.3, 0.4) is 0 Å². The van der Waals surface area contributed by atoms with Crippen LogP contribution in [0, 0.1) is 5.92 Å². The number of hydrogen-bond acceptors (Lipinski definition) is 5. The number of fused-ring (bicyclic) bond motifs is 1. The molecule has 3 atom stereocenters. The molecule has 5 rings (SSSR count). The van der Waals surface area contributed by atoms with E-state index in [1.54, 1.807) is 0 Å². The number of aliphatic imine (C=N–C) groups is 1. The van der Waals surface area contributed by atoms with Crippen LogP contribution in [0.1, 0.15) is 91.9 Å². The van der Waals surface area contributed by atoms with Crippen LogP contribution in [0.4, 0.5) is 0 Å². The monoisotopic (exact) mass is 564 g/mol. The smallest absolute Gasteiger partial charge is 0.227 e. The summed E-state index contributed by atoms with van der Waals surface area (Å²) >= 11 is 0. The molecule has 6 heteroatoms. The van der Waals surface area contributed by atoms with Crippen molar-refractivity contribution in [3.63, 3.8) is 0 Å². The van der Waals surface area contributed by atoms with Crippen LogP contribution in [0.15, 0.2) is 83.1 Å². The number of aliphatic hydroxyl groups is 1. The van der Waals surface area contributed by atoms with Gasteiger partial charge in [-0.05, 0) is 84.4 Å². The Balaban J connectivity index is 1.35. The van der Waals surface area contributed by atoms with E-state index < -0.39 is 0 Å². The molecule has 2 aliphatic rings. The molecule has 1 amide bonds. The quantitative estimate of drug-likeness (QED) is 0.273. The number of hydrogen-bond donors (Lipinski definition) is 2. The molecule has 0 bridgehead atoms. The Kier molecular flexibility index (Phi) is 9.98. The maximum Gasteiger partial charge on any atom is 0.227 e. The van der Waals surface area contributed by atoms with Gasteiger partial charge in [0.1, 0.15) is 0 Å². The number of carbonyl (C=O) groups is 1. The van der Waals surface area contributed by atoms with Crippen molar-refractivity contribution >= 4 is 12.1 Å². The number of nitrogens with one attached hydrogen (secondary N) is 1. The van der Waals surface area contributed by atoms with Crippen molar-refractivity contribution in [2.24, 2.45) is 10.9 Å². The molecule has 1 aliphatic heterocycles. The van der Waals surface area contributed by atoms with Crippen LogP contribution in [0.2, 0.25) is 0 Å². The van der Waals surface area contributed by atoms with Crippen LogP contribution in [-0.2, 0) is 30.9 Å². The number of aliphatic hydroxyl groups excluding tert-OH is 1. The van der Waals surface area contributed by atoms with Gasteiger partial charge < -0.3 is 10.4 Å². The van der Waals surface area contributed by atoms with Gasteiger partial charge in [-0.1, -0.05) is 68.4 Å². The summed E-state index contributed by atoms with van der Waals surface area (Å²) in [6.45, 7) is 8.27. The Morgan fingerprint density at radius 2 is 1.93 bits per heavy atom. The average Bonchev–Trinajstić information content (AvgIpc) is 3.02. The van der Waals surface area contributed by atoms with Crippen molar-refractivity contribution in [1.82, 2.24) is 15.2 Å². The normalized spacial score (nSPS) is 19.1. The first-order valence-corrected chi connectivity index (χ1v) is 15.4. The van der Waals surface area contributed by atoms with Gasteiger partial charge in [-0.2, -0.15) is 0 Å². The summed E-state index contributed by atoms with van der Waals surface area (Å²) in [5.41, 5.74) is 9.00. The highest BCUT2D eigenvalue weighted by Crippen LogP contribution is 2.35. The highest BCUT2D eigenvalue weighted by atomic mass is 16.3. The summed E-state index contributed by atoms with van der Waals surface area (Å²) in [6, 6.07) is 20.6. The third kappa shape index (κ3) is 7.05. The van der Waals surface area contributed by atoms with Crippen molar-refractivity contribution in [1.29, 1.82) is 0 Å². The topological polar surface area (TPSA) is 77.8 Å². The molecule has 1 aliphatic carbocycles. The fourth-order valence-electron chi connectivity index (χ4n) is 6.45. The fourth-order valence-corrected chi connectivity index (χ4v) is 6.45. The van der Waals surface area contributed by atoms with Gasteiger partial charge in [0.25, 0.3) is 0 Å². The van der Waals surface area contributed by atoms with Crippen molar-refractivity contribution in [3.8, 4) is 0 Å². The Morgan fingerprint density at radius 1 is 1.10 bits per heavy atom. The summed E-state index contributed by atoms with van der Waals surface area (Å²) in [4.78, 5) is 25.2. The van der Waals surface area contributed by atoms with E-state index in [0.717, 1.165) is 66.6 Å². The second kappa shape index (κ2) is 14.0. The lowest BCUT2D eigenvalue weighted by atomic mass is 9.89. The highest BCUT2D eigenvalue weighted by molar-refractivity contribution is 5.83. The van der Waals surface area contributed by atoms with E-state index in [-0.39, 0.29) is 24.5 Å². The Bertz CT molecular complexity index is 1430. The van der Waals surface area contributed by atoms with Crippen molar-refractivity contribution < 1.29 is 9.90 Å². The minimum atomic E-state index is -0.175. The van der Waals surface area contributed by atoms with E-state index in [4.69, 9.17) is 9.98 Å². The molecule has 0 saturated heterocycles. The largest absolute Gasteiger partial charge is 0.392 e. The van der Waals surface area contributed by atoms with Gasteiger partial charge in [0.15, 0.2) is 0 Å². The van der Waals surface area contributed by atoms with Crippen LogP contribution in [-0.4, -0.2) is 33.7 Å². The Hall–Kier alpha value is -3.61. The van der Waals surface area contributed by atoms with Gasteiger partial charge in [-0.15, -0.1) is 0 Å². The van der Waals surface area contributed by atoms with Gasteiger partial charge in [0.2, 0.25) is 5.91 Å². The Morgan fingerprint density at radius 3 is 2.69 bits per heavy atom. The maximum atomic E-state index is 13.0. The number of aryl methyl sites for hydroxylation is 1. The zero-order valence-electron chi connectivity index (χ0n) is 25.2. The SMILES string of the molecule is CC[C@@H](C(=O)NCc1ccc(CN(CC2=C(C)CC(C)C=N2)[C@@H]2CCCc3cccnc32)c(CO)c1)c1ccccc1. The van der Waals surface area contributed by atoms with E-state index in [0.29, 0.717) is 19.0 Å². The number of rotatable bonds is 11. The number of nitrogens with zero attached hydrogens (tertiary/aromatic N) is 3. The molecule has 0 spiro atoms. The number of aromatic nitrogens is 1. The maximum absolute atomic E-state index is 13.0. The lowest BCUT2D eigenvalue weighted by Crippen LogP contribution is -2.34. The molecule has 2 N–H and O–H groups in total. The molecule has 6 nitrogen and oxygen atoms in total. The molecule has 3 aromatic rings. The minimum absolute atomic E-state index is 0.0268. The molecule has 0 radical (unpaired) electrons. The van der Waals surface area contributed by atoms with Gasteiger partial charge in [-0.3, -0.25) is 19.7 Å². The first kappa shape index (κ1) is 29.9. The first-order valence-electron chi connectivity index (χ1n) is 15.4. The average molecular weight is 565 g/mol. The van der Waals surface area contributed by atoms with Gasteiger partial charge >= 0.3 is 0 Å². The summed E-state index contributed by atoms with van der Waals surface area (Å²) in [6.07, 6.45) is 9.01. The summed E-state index contributed by atoms with van der Waals surface area (Å²) in [7, 11) is 0. The minimum Gasteiger partial charge on any atom is -0.392 e. The first-order chi connectivity index (χ1) is 20.5. The van der Waals surface area contributed by atoms with E-state index in [1.165, 1.54) is 16.8 Å². The molecule has 0 saturated carbocycles. The molecule has 2 aromatic carbocycles. The van der Waals surface area contributed by atoms with Crippen LogP contribution < -0.4 is 5.32 Å². The van der Waals surface area contributed by atoms with Crippen LogP contribution in [0.5, 0.6) is 0 Å². The third-order valence-corrected chi connectivity index (χ3v) is 8.77. The van der Waals surface area contributed by atoms with Gasteiger partial charge in [0, 0.05) is 32.0 Å². The predicted molar refractivity (Wildman–Crippen MR) is 169 cm³/mol. The third-order valence-electron chi connectivity index (χ3n) is 8.77. The number of pyridine rings is 1. The van der Waals surface area contributed by atoms with Crippen molar-refractivity contribution in [3.05, 3.63) is 112 Å². The van der Waals surface area contributed by atoms with Gasteiger partial charge in [-0.25, -0.2) is 0 Å². The zero-order valence-corrected chi connectivity index (χ0v) is 25.2. The fraction of sp³-hybridized carbons (Fsp3) is 0.417. The van der Waals surface area contributed by atoms with Crippen LogP contribution >= 0.6 is 0 Å². The molecule has 220 valence electrons. The molecular weight excluding hydrogens is 520 g/mol. The van der Waals surface area contributed by atoms with E-state index in [1.807, 2.05) is 55.6 Å². The van der Waals surface area contributed by atoms with Gasteiger partial charge in [0.05, 0.1) is 30.0 Å². The molecule has 2 heterocycles. The second-order valence-corrected chi connectivity index (χ2v) is 11.9. The highest BCUT2D eigenvalue weighted by Gasteiger charge is 2.29. The summed E-state index contributed by atoms with van der Waals surface area (Å²) < 4.78 is 0. The van der Waals surface area contributed by atoms with E-state index in [9.17, 15) is 9.90 Å². The molecule has 0 fully saturated rings.